The van der Waals surface area contributed by atoms with E-state index in [1.807, 2.05) is 6.07 Å². The molecule has 0 saturated heterocycles. The lowest BCUT2D eigenvalue weighted by Gasteiger charge is -2.10. The van der Waals surface area contributed by atoms with Crippen LogP contribution in [-0.2, 0) is 0 Å². The van der Waals surface area contributed by atoms with Gasteiger partial charge in [0, 0.05) is 18.5 Å². The second-order valence-electron chi connectivity index (χ2n) is 3.70. The summed E-state index contributed by atoms with van der Waals surface area (Å²) in [4.78, 5) is 19.8. The van der Waals surface area contributed by atoms with E-state index in [9.17, 15) is 4.79 Å². The van der Waals surface area contributed by atoms with Gasteiger partial charge in [-0.2, -0.15) is 0 Å². The Labute approximate surface area is 111 Å². The molecule has 96 valence electrons. The molecule has 2 rings (SSSR count). The predicted octanol–water partition coefficient (Wildman–Crippen LogP) is 2.38. The van der Waals surface area contributed by atoms with Crippen LogP contribution in [0, 0.1) is 0 Å². The third-order valence-electron chi connectivity index (χ3n) is 2.52. The molecule has 0 unspecified atom stereocenters. The summed E-state index contributed by atoms with van der Waals surface area (Å²) in [6.45, 7) is 3.71. The highest BCUT2D eigenvalue weighted by Crippen LogP contribution is 2.23. The molecule has 1 amide bonds. The highest BCUT2D eigenvalue weighted by atomic mass is 16.5. The van der Waals surface area contributed by atoms with E-state index in [0.717, 1.165) is 5.56 Å². The van der Waals surface area contributed by atoms with Crippen molar-refractivity contribution in [3.05, 3.63) is 54.6 Å². The van der Waals surface area contributed by atoms with Crippen LogP contribution in [-0.4, -0.2) is 23.0 Å². The number of carbonyl (C=O) groups is 1. The van der Waals surface area contributed by atoms with Crippen molar-refractivity contribution in [2.75, 3.05) is 12.4 Å². The third-order valence-corrected chi connectivity index (χ3v) is 2.52. The SMILES string of the molecule is C=Cc1ccc(OC)cc1NC(=O)c1cnccn1. The minimum Gasteiger partial charge on any atom is -0.497 e. The lowest BCUT2D eigenvalue weighted by Crippen LogP contribution is -2.14. The van der Waals surface area contributed by atoms with Gasteiger partial charge in [-0.3, -0.25) is 9.78 Å². The molecule has 0 atom stereocenters. The molecule has 0 saturated carbocycles. The molecule has 0 fully saturated rings. The number of methoxy groups -OCH3 is 1. The monoisotopic (exact) mass is 255 g/mol. The van der Waals surface area contributed by atoms with Gasteiger partial charge in [-0.15, -0.1) is 0 Å². The highest BCUT2D eigenvalue weighted by molar-refractivity contribution is 6.03. The Morgan fingerprint density at radius 3 is 2.89 bits per heavy atom. The summed E-state index contributed by atoms with van der Waals surface area (Å²) in [5.74, 6) is 0.324. The van der Waals surface area contributed by atoms with Crippen LogP contribution < -0.4 is 10.1 Å². The lowest BCUT2D eigenvalue weighted by atomic mass is 10.1. The standard InChI is InChI=1S/C14H13N3O2/c1-3-10-4-5-11(19-2)8-12(10)17-14(18)13-9-15-6-7-16-13/h3-9H,1H2,2H3,(H,17,18). The number of aromatic nitrogens is 2. The molecule has 5 nitrogen and oxygen atoms in total. The van der Waals surface area contributed by atoms with Crippen molar-refractivity contribution in [2.45, 2.75) is 0 Å². The van der Waals surface area contributed by atoms with Crippen molar-refractivity contribution in [3.8, 4) is 5.75 Å². The van der Waals surface area contributed by atoms with Gasteiger partial charge >= 0.3 is 0 Å². The molecule has 19 heavy (non-hydrogen) atoms. The number of amides is 1. The van der Waals surface area contributed by atoms with Crippen LogP contribution in [0.1, 0.15) is 16.1 Å². The topological polar surface area (TPSA) is 64.1 Å². The zero-order valence-electron chi connectivity index (χ0n) is 10.5. The van der Waals surface area contributed by atoms with Gasteiger partial charge in [-0.1, -0.05) is 12.7 Å². The Kier molecular flexibility index (Phi) is 3.87. The van der Waals surface area contributed by atoms with Gasteiger partial charge in [0.15, 0.2) is 0 Å². The lowest BCUT2D eigenvalue weighted by molar-refractivity contribution is 0.102. The fourth-order valence-electron chi connectivity index (χ4n) is 1.55. The van der Waals surface area contributed by atoms with Crippen LogP contribution in [0.25, 0.3) is 6.08 Å². The van der Waals surface area contributed by atoms with E-state index < -0.39 is 0 Å². The Balaban J connectivity index is 2.27. The van der Waals surface area contributed by atoms with E-state index in [2.05, 4.69) is 21.9 Å². The molecular formula is C14H13N3O2. The number of rotatable bonds is 4. The summed E-state index contributed by atoms with van der Waals surface area (Å²) < 4.78 is 5.13. The Morgan fingerprint density at radius 2 is 2.26 bits per heavy atom. The van der Waals surface area contributed by atoms with Crippen LogP contribution in [0.2, 0.25) is 0 Å². The van der Waals surface area contributed by atoms with E-state index in [-0.39, 0.29) is 11.6 Å². The number of anilines is 1. The molecule has 1 heterocycles. The number of nitrogens with zero attached hydrogens (tertiary/aromatic N) is 2. The summed E-state index contributed by atoms with van der Waals surface area (Å²) in [6, 6.07) is 5.35. The Bertz CT molecular complexity index is 597. The minimum atomic E-state index is -0.329. The zero-order valence-corrected chi connectivity index (χ0v) is 10.5. The fraction of sp³-hybridized carbons (Fsp3) is 0.0714. The van der Waals surface area contributed by atoms with Crippen molar-refractivity contribution in [1.29, 1.82) is 0 Å². The average Bonchev–Trinajstić information content (AvgIpc) is 2.48. The molecule has 0 radical (unpaired) electrons. The molecule has 0 aliphatic heterocycles. The molecule has 0 spiro atoms. The van der Waals surface area contributed by atoms with Crippen LogP contribution in [0.3, 0.4) is 0 Å². The molecular weight excluding hydrogens is 242 g/mol. The summed E-state index contributed by atoms with van der Waals surface area (Å²) in [7, 11) is 1.57. The number of benzene rings is 1. The minimum absolute atomic E-state index is 0.250. The maximum atomic E-state index is 12.0. The van der Waals surface area contributed by atoms with Gasteiger partial charge < -0.3 is 10.1 Å². The molecule has 1 aromatic carbocycles. The van der Waals surface area contributed by atoms with E-state index in [1.165, 1.54) is 18.6 Å². The molecule has 1 aromatic heterocycles. The third kappa shape index (κ3) is 2.95. The quantitative estimate of drug-likeness (QED) is 0.911. The molecule has 2 aromatic rings. The molecule has 0 aliphatic carbocycles. The first-order valence-corrected chi connectivity index (χ1v) is 5.62. The average molecular weight is 255 g/mol. The van der Waals surface area contributed by atoms with Gasteiger partial charge in [0.1, 0.15) is 11.4 Å². The van der Waals surface area contributed by atoms with Gasteiger partial charge in [0.2, 0.25) is 0 Å². The van der Waals surface area contributed by atoms with Crippen molar-refractivity contribution in [1.82, 2.24) is 9.97 Å². The zero-order chi connectivity index (χ0) is 13.7. The molecule has 1 N–H and O–H groups in total. The number of carbonyl (C=O) groups excluding carboxylic acids is 1. The Hall–Kier alpha value is -2.69. The highest BCUT2D eigenvalue weighted by Gasteiger charge is 2.10. The molecule has 0 bridgehead atoms. The largest absolute Gasteiger partial charge is 0.497 e. The number of nitrogens with one attached hydrogen (secondary N) is 1. The van der Waals surface area contributed by atoms with E-state index >= 15 is 0 Å². The van der Waals surface area contributed by atoms with Crippen molar-refractivity contribution in [3.63, 3.8) is 0 Å². The number of hydrogen-bond donors (Lipinski definition) is 1. The van der Waals surface area contributed by atoms with Crippen LogP contribution >= 0.6 is 0 Å². The van der Waals surface area contributed by atoms with Crippen molar-refractivity contribution < 1.29 is 9.53 Å². The van der Waals surface area contributed by atoms with Crippen LogP contribution in [0.15, 0.2) is 43.4 Å². The van der Waals surface area contributed by atoms with Crippen LogP contribution in [0.4, 0.5) is 5.69 Å². The maximum absolute atomic E-state index is 12.0. The summed E-state index contributed by atoms with van der Waals surface area (Å²) in [5, 5.41) is 2.76. The van der Waals surface area contributed by atoms with Crippen LogP contribution in [0.5, 0.6) is 5.75 Å². The first-order valence-electron chi connectivity index (χ1n) is 5.62. The summed E-state index contributed by atoms with van der Waals surface area (Å²) in [6.07, 6.45) is 6.04. The van der Waals surface area contributed by atoms with Crippen molar-refractivity contribution >= 4 is 17.7 Å². The van der Waals surface area contributed by atoms with Gasteiger partial charge in [-0.05, 0) is 17.7 Å². The van der Waals surface area contributed by atoms with Gasteiger partial charge in [0.25, 0.3) is 5.91 Å². The van der Waals surface area contributed by atoms with E-state index in [4.69, 9.17) is 4.74 Å². The van der Waals surface area contributed by atoms with Gasteiger partial charge in [-0.25, -0.2) is 4.98 Å². The maximum Gasteiger partial charge on any atom is 0.275 e. The second-order valence-corrected chi connectivity index (χ2v) is 3.70. The summed E-state index contributed by atoms with van der Waals surface area (Å²) >= 11 is 0. The van der Waals surface area contributed by atoms with Gasteiger partial charge in [0.05, 0.1) is 19.0 Å². The summed E-state index contributed by atoms with van der Waals surface area (Å²) in [5.41, 5.74) is 1.67. The van der Waals surface area contributed by atoms with E-state index in [0.29, 0.717) is 11.4 Å². The number of ether oxygens (including phenoxy) is 1. The first-order chi connectivity index (χ1) is 9.24. The molecule has 0 aliphatic rings. The number of hydrogen-bond acceptors (Lipinski definition) is 4. The Morgan fingerprint density at radius 1 is 1.42 bits per heavy atom. The van der Waals surface area contributed by atoms with Crippen molar-refractivity contribution in [2.24, 2.45) is 0 Å². The molecule has 5 heteroatoms. The van der Waals surface area contributed by atoms with E-state index in [1.54, 1.807) is 25.3 Å². The first kappa shape index (κ1) is 12.8. The normalized spacial score (nSPS) is 9.74. The predicted molar refractivity (Wildman–Crippen MR) is 73.1 cm³/mol. The fourth-order valence-corrected chi connectivity index (χ4v) is 1.55. The smallest absolute Gasteiger partial charge is 0.275 e. The second kappa shape index (κ2) is 5.77.